The van der Waals surface area contributed by atoms with Crippen LogP contribution in [0.25, 0.3) is 0 Å². The van der Waals surface area contributed by atoms with Gasteiger partial charge in [-0.05, 0) is 49.8 Å². The molecule has 2 heterocycles. The molecule has 4 rings (SSSR count). The molecular weight excluding hydrogens is 384 g/mol. The Morgan fingerprint density at radius 1 is 1.07 bits per heavy atom. The number of piperidine rings is 1. The van der Waals surface area contributed by atoms with Crippen molar-refractivity contribution in [1.29, 1.82) is 0 Å². The Bertz CT molecular complexity index is 802. The van der Waals surface area contributed by atoms with Gasteiger partial charge in [-0.1, -0.05) is 48.5 Å². The van der Waals surface area contributed by atoms with E-state index in [9.17, 15) is 4.79 Å². The molecule has 0 aromatic heterocycles. The first-order valence-electron chi connectivity index (χ1n) is 10.4. The summed E-state index contributed by atoms with van der Waals surface area (Å²) in [5.74, 6) is 0.867. The minimum Gasteiger partial charge on any atom is -0.481 e. The number of hydrogen-bond donors (Lipinski definition) is 1. The number of benzene rings is 2. The maximum absolute atomic E-state index is 13.0. The summed E-state index contributed by atoms with van der Waals surface area (Å²) in [6, 6.07) is 19.8. The summed E-state index contributed by atoms with van der Waals surface area (Å²) in [4.78, 5) is 15.0. The summed E-state index contributed by atoms with van der Waals surface area (Å²) in [6.07, 6.45) is 4.89. The number of ether oxygens (including phenoxy) is 1. The third kappa shape index (κ3) is 5.12. The second kappa shape index (κ2) is 9.64. The van der Waals surface area contributed by atoms with Crippen molar-refractivity contribution >= 4 is 18.3 Å². The Morgan fingerprint density at radius 2 is 1.69 bits per heavy atom. The lowest BCUT2D eigenvalue weighted by Crippen LogP contribution is -2.51. The molecular formula is C24H31ClN2O2. The number of hydrogen-bond acceptors (Lipinski definition) is 3. The molecule has 156 valence electrons. The van der Waals surface area contributed by atoms with Gasteiger partial charge in [-0.3, -0.25) is 4.79 Å². The van der Waals surface area contributed by atoms with E-state index >= 15 is 0 Å². The number of carbonyl (C=O) groups excluding carboxylic acids is 1. The Kier molecular flexibility index (Phi) is 7.20. The standard InChI is InChI=1S/C24H30N2O2.ClH/c1-17(24(27)26(2)22-15-20-12-13-21(16-22)25-20)28-23-11-7-6-10-19(23)14-18-8-4-3-5-9-18;/h3-11,17,20-22,25H,12-16H2,1-2H3;1H. The normalized spacial score (nSPS) is 23.7. The Morgan fingerprint density at radius 3 is 2.38 bits per heavy atom. The summed E-state index contributed by atoms with van der Waals surface area (Å²) in [6.45, 7) is 1.87. The lowest BCUT2D eigenvalue weighted by molar-refractivity contribution is -0.139. The Balaban J connectivity index is 0.00000240. The quantitative estimate of drug-likeness (QED) is 0.769. The Labute approximate surface area is 180 Å². The monoisotopic (exact) mass is 414 g/mol. The molecule has 1 N–H and O–H groups in total. The second-order valence-electron chi connectivity index (χ2n) is 8.24. The fourth-order valence-electron chi connectivity index (χ4n) is 4.63. The van der Waals surface area contributed by atoms with Gasteiger partial charge in [0.1, 0.15) is 5.75 Å². The molecule has 0 spiro atoms. The van der Waals surface area contributed by atoms with Crippen LogP contribution in [-0.4, -0.2) is 42.1 Å². The number of rotatable bonds is 6. The zero-order chi connectivity index (χ0) is 19.5. The number of likely N-dealkylation sites (N-methyl/N-ethyl adjacent to an activating group) is 1. The molecule has 1 amide bonds. The maximum Gasteiger partial charge on any atom is 0.263 e. The summed E-state index contributed by atoms with van der Waals surface area (Å²) in [5.41, 5.74) is 2.34. The highest BCUT2D eigenvalue weighted by atomic mass is 35.5. The van der Waals surface area contributed by atoms with Gasteiger partial charge in [-0.25, -0.2) is 0 Å². The molecule has 2 bridgehead atoms. The van der Waals surface area contributed by atoms with Gasteiger partial charge < -0.3 is 15.0 Å². The lowest BCUT2D eigenvalue weighted by Gasteiger charge is -2.36. The average Bonchev–Trinajstić information content (AvgIpc) is 3.06. The minimum atomic E-state index is -0.491. The molecule has 2 aromatic rings. The molecule has 3 atom stereocenters. The van der Waals surface area contributed by atoms with Crippen molar-refractivity contribution in [3.8, 4) is 5.75 Å². The predicted octanol–water partition coefficient (Wildman–Crippen LogP) is 4.21. The molecule has 2 aliphatic rings. The van der Waals surface area contributed by atoms with Gasteiger partial charge in [0.2, 0.25) is 0 Å². The van der Waals surface area contributed by atoms with Crippen LogP contribution in [0.1, 0.15) is 43.7 Å². The largest absolute Gasteiger partial charge is 0.481 e. The van der Waals surface area contributed by atoms with E-state index in [4.69, 9.17) is 4.74 Å². The summed E-state index contributed by atoms with van der Waals surface area (Å²) in [7, 11) is 1.94. The highest BCUT2D eigenvalue weighted by Gasteiger charge is 2.37. The molecule has 0 saturated carbocycles. The molecule has 4 nitrogen and oxygen atoms in total. The van der Waals surface area contributed by atoms with E-state index in [0.29, 0.717) is 18.1 Å². The second-order valence-corrected chi connectivity index (χ2v) is 8.24. The van der Waals surface area contributed by atoms with Gasteiger partial charge in [-0.15, -0.1) is 12.4 Å². The molecule has 2 fully saturated rings. The van der Waals surface area contributed by atoms with Crippen molar-refractivity contribution in [3.05, 3.63) is 65.7 Å². The SMILES string of the molecule is CC(Oc1ccccc1Cc1ccccc1)C(=O)N(C)C1CC2CCC(C1)N2.Cl. The van der Waals surface area contributed by atoms with Crippen molar-refractivity contribution in [2.75, 3.05) is 7.05 Å². The van der Waals surface area contributed by atoms with E-state index in [0.717, 1.165) is 30.6 Å². The molecule has 2 aliphatic heterocycles. The van der Waals surface area contributed by atoms with Gasteiger partial charge in [0.05, 0.1) is 0 Å². The van der Waals surface area contributed by atoms with Crippen molar-refractivity contribution in [2.45, 2.75) is 63.3 Å². The zero-order valence-corrected chi connectivity index (χ0v) is 18.0. The van der Waals surface area contributed by atoms with Gasteiger partial charge >= 0.3 is 0 Å². The number of nitrogens with zero attached hydrogens (tertiary/aromatic N) is 1. The lowest BCUT2D eigenvalue weighted by atomic mass is 9.98. The van der Waals surface area contributed by atoms with Crippen LogP contribution in [0.3, 0.4) is 0 Å². The molecule has 29 heavy (non-hydrogen) atoms. The van der Waals surface area contributed by atoms with E-state index in [1.54, 1.807) is 0 Å². The van der Waals surface area contributed by atoms with E-state index in [1.165, 1.54) is 18.4 Å². The predicted molar refractivity (Wildman–Crippen MR) is 119 cm³/mol. The first kappa shape index (κ1) is 21.7. The number of nitrogens with one attached hydrogen (secondary N) is 1. The zero-order valence-electron chi connectivity index (χ0n) is 17.2. The number of halogens is 1. The molecule has 0 radical (unpaired) electrons. The van der Waals surface area contributed by atoms with Crippen LogP contribution in [-0.2, 0) is 11.2 Å². The fraction of sp³-hybridized carbons (Fsp3) is 0.458. The summed E-state index contributed by atoms with van der Waals surface area (Å²) in [5, 5.41) is 3.64. The third-order valence-corrected chi connectivity index (χ3v) is 6.21. The molecule has 2 saturated heterocycles. The highest BCUT2D eigenvalue weighted by Crippen LogP contribution is 2.30. The van der Waals surface area contributed by atoms with Crippen LogP contribution in [0, 0.1) is 0 Å². The van der Waals surface area contributed by atoms with Gasteiger partial charge in [0.25, 0.3) is 5.91 Å². The van der Waals surface area contributed by atoms with Crippen LogP contribution in [0.2, 0.25) is 0 Å². The minimum absolute atomic E-state index is 0. The third-order valence-electron chi connectivity index (χ3n) is 6.21. The van der Waals surface area contributed by atoms with Gasteiger partial charge in [-0.2, -0.15) is 0 Å². The molecule has 0 aliphatic carbocycles. The van der Waals surface area contributed by atoms with Crippen molar-refractivity contribution < 1.29 is 9.53 Å². The van der Waals surface area contributed by atoms with E-state index in [1.807, 2.05) is 55.3 Å². The number of fused-ring (bicyclic) bond motifs is 2. The van der Waals surface area contributed by atoms with Crippen LogP contribution in [0.5, 0.6) is 5.75 Å². The topological polar surface area (TPSA) is 41.6 Å². The maximum atomic E-state index is 13.0. The Hall–Kier alpha value is -2.04. The van der Waals surface area contributed by atoms with E-state index < -0.39 is 6.10 Å². The van der Waals surface area contributed by atoms with E-state index in [2.05, 4.69) is 23.5 Å². The first-order valence-corrected chi connectivity index (χ1v) is 10.4. The van der Waals surface area contributed by atoms with Gasteiger partial charge in [0.15, 0.2) is 6.10 Å². The first-order chi connectivity index (χ1) is 13.6. The van der Waals surface area contributed by atoms with Crippen molar-refractivity contribution in [1.82, 2.24) is 10.2 Å². The molecule has 5 heteroatoms. The van der Waals surface area contributed by atoms with Crippen molar-refractivity contribution in [2.24, 2.45) is 0 Å². The van der Waals surface area contributed by atoms with Crippen LogP contribution < -0.4 is 10.1 Å². The van der Waals surface area contributed by atoms with Crippen molar-refractivity contribution in [3.63, 3.8) is 0 Å². The summed E-state index contributed by atoms with van der Waals surface area (Å²) < 4.78 is 6.15. The van der Waals surface area contributed by atoms with E-state index in [-0.39, 0.29) is 18.3 Å². The molecule has 3 unspecified atom stereocenters. The number of carbonyl (C=O) groups is 1. The molecule has 2 aromatic carbocycles. The van der Waals surface area contributed by atoms with Crippen LogP contribution in [0.4, 0.5) is 0 Å². The smallest absolute Gasteiger partial charge is 0.263 e. The number of amides is 1. The average molecular weight is 415 g/mol. The summed E-state index contributed by atoms with van der Waals surface area (Å²) >= 11 is 0. The van der Waals surface area contributed by atoms with Gasteiger partial charge in [0, 0.05) is 31.6 Å². The van der Waals surface area contributed by atoms with Crippen LogP contribution in [0.15, 0.2) is 54.6 Å². The number of para-hydroxylation sites is 1. The fourth-order valence-corrected chi connectivity index (χ4v) is 4.63. The highest BCUT2D eigenvalue weighted by molar-refractivity contribution is 5.85. The van der Waals surface area contributed by atoms with Crippen LogP contribution >= 0.6 is 12.4 Å².